The van der Waals surface area contributed by atoms with Gasteiger partial charge in [-0.1, -0.05) is 12.1 Å². The highest BCUT2D eigenvalue weighted by Gasteiger charge is 2.57. The summed E-state index contributed by atoms with van der Waals surface area (Å²) in [6, 6.07) is 13.0. The first-order chi connectivity index (χ1) is 15.3. The van der Waals surface area contributed by atoms with E-state index in [1.807, 2.05) is 12.1 Å². The van der Waals surface area contributed by atoms with Crippen LogP contribution in [0.3, 0.4) is 0 Å². The maximum atomic E-state index is 14.9. The number of aliphatic hydroxyl groups is 3. The van der Waals surface area contributed by atoms with Gasteiger partial charge in [0.15, 0.2) is 0 Å². The Morgan fingerprint density at radius 2 is 1.78 bits per heavy atom. The average molecular weight is 460 g/mol. The SMILES string of the molecule is C[C@H]1O[C@]2(OCc3cc(F)c(Cc4ccc(-c5ccc(F)cc5)s4)cc32)[C@H](O)[C@@H](O)[C@@H]1O. The Morgan fingerprint density at radius 3 is 2.53 bits per heavy atom. The zero-order valence-corrected chi connectivity index (χ0v) is 18.0. The molecule has 0 radical (unpaired) electrons. The Morgan fingerprint density at radius 1 is 1.03 bits per heavy atom. The maximum Gasteiger partial charge on any atom is 0.225 e. The Kier molecular flexibility index (Phi) is 5.40. The minimum atomic E-state index is -1.66. The number of hydrogen-bond acceptors (Lipinski definition) is 6. The first-order valence-electron chi connectivity index (χ1n) is 10.3. The summed E-state index contributed by atoms with van der Waals surface area (Å²) in [5, 5.41) is 31.0. The van der Waals surface area contributed by atoms with Crippen LogP contribution in [0.1, 0.15) is 28.5 Å². The second-order valence-corrected chi connectivity index (χ2v) is 9.42. The molecule has 0 unspecified atom stereocenters. The van der Waals surface area contributed by atoms with E-state index in [1.54, 1.807) is 25.1 Å². The quantitative estimate of drug-likeness (QED) is 0.558. The molecule has 3 heterocycles. The van der Waals surface area contributed by atoms with Gasteiger partial charge >= 0.3 is 0 Å². The van der Waals surface area contributed by atoms with Crippen LogP contribution < -0.4 is 0 Å². The molecule has 2 aliphatic rings. The largest absolute Gasteiger partial charge is 0.388 e. The fourth-order valence-corrected chi connectivity index (χ4v) is 5.41. The van der Waals surface area contributed by atoms with E-state index >= 15 is 0 Å². The fraction of sp³-hybridized carbons (Fsp3) is 0.333. The van der Waals surface area contributed by atoms with Crippen molar-refractivity contribution >= 4 is 11.3 Å². The summed E-state index contributed by atoms with van der Waals surface area (Å²) in [5.74, 6) is -2.37. The van der Waals surface area contributed by atoms with Crippen molar-refractivity contribution in [3.05, 3.63) is 81.7 Å². The van der Waals surface area contributed by atoms with E-state index in [9.17, 15) is 24.1 Å². The molecule has 0 saturated carbocycles. The van der Waals surface area contributed by atoms with Gasteiger partial charge < -0.3 is 24.8 Å². The molecule has 5 atom stereocenters. The molecule has 5 rings (SSSR count). The van der Waals surface area contributed by atoms with Gasteiger partial charge in [-0.3, -0.25) is 0 Å². The predicted octanol–water partition coefficient (Wildman–Crippen LogP) is 3.47. The van der Waals surface area contributed by atoms with Crippen molar-refractivity contribution in [1.82, 2.24) is 0 Å². The van der Waals surface area contributed by atoms with Gasteiger partial charge in [-0.05, 0) is 60.0 Å². The highest BCUT2D eigenvalue weighted by molar-refractivity contribution is 7.15. The van der Waals surface area contributed by atoms with Crippen LogP contribution in [0, 0.1) is 11.6 Å². The van der Waals surface area contributed by atoms with E-state index in [1.165, 1.54) is 29.5 Å². The minimum Gasteiger partial charge on any atom is -0.388 e. The predicted molar refractivity (Wildman–Crippen MR) is 114 cm³/mol. The molecule has 1 spiro atoms. The lowest BCUT2D eigenvalue weighted by Crippen LogP contribution is -2.62. The van der Waals surface area contributed by atoms with Crippen molar-refractivity contribution in [3.8, 4) is 10.4 Å². The molecule has 0 bridgehead atoms. The number of halogens is 2. The number of aliphatic hydroxyl groups excluding tert-OH is 3. The zero-order chi connectivity index (χ0) is 22.6. The monoisotopic (exact) mass is 460 g/mol. The van der Waals surface area contributed by atoms with Gasteiger partial charge in [-0.2, -0.15) is 0 Å². The lowest BCUT2D eigenvalue weighted by molar-refractivity contribution is -0.362. The van der Waals surface area contributed by atoms with E-state index in [-0.39, 0.29) is 12.4 Å². The number of thiophene rings is 1. The number of ether oxygens (including phenoxy) is 2. The van der Waals surface area contributed by atoms with Crippen molar-refractivity contribution < 1.29 is 33.6 Å². The molecular weight excluding hydrogens is 438 g/mol. The van der Waals surface area contributed by atoms with Crippen LogP contribution in [-0.2, 0) is 28.3 Å². The standard InChI is InChI=1S/C24H22F2O5S/c1-12-21(27)22(28)23(29)24(31-12)18-9-14(19(26)10-15(18)11-30-24)8-17-6-7-20(32-17)13-2-4-16(25)5-3-13/h2-7,9-10,12,21-23,27-29H,8,11H2,1H3/t12-,21-,22+,23-,24+/m1/s1. The van der Waals surface area contributed by atoms with Crippen LogP contribution in [0.4, 0.5) is 8.78 Å². The second-order valence-electron chi connectivity index (χ2n) is 8.26. The topological polar surface area (TPSA) is 79.2 Å². The van der Waals surface area contributed by atoms with Gasteiger partial charge in [0.05, 0.1) is 12.7 Å². The van der Waals surface area contributed by atoms with Crippen molar-refractivity contribution in [2.45, 2.75) is 50.2 Å². The summed E-state index contributed by atoms with van der Waals surface area (Å²) < 4.78 is 39.7. The fourth-order valence-electron chi connectivity index (χ4n) is 4.38. The molecule has 8 heteroatoms. The van der Waals surface area contributed by atoms with Gasteiger partial charge in [-0.15, -0.1) is 11.3 Å². The van der Waals surface area contributed by atoms with Gasteiger partial charge in [-0.25, -0.2) is 8.78 Å². The Bertz CT molecular complexity index is 1150. The van der Waals surface area contributed by atoms with E-state index in [2.05, 4.69) is 0 Å². The third kappa shape index (κ3) is 3.48. The Labute approximate surface area is 187 Å². The minimum absolute atomic E-state index is 0.0207. The molecule has 1 saturated heterocycles. The number of benzene rings is 2. The molecule has 3 aromatic rings. The first kappa shape index (κ1) is 21.6. The third-order valence-electron chi connectivity index (χ3n) is 6.15. The number of fused-ring (bicyclic) bond motifs is 2. The zero-order valence-electron chi connectivity index (χ0n) is 17.2. The van der Waals surface area contributed by atoms with Crippen molar-refractivity contribution in [2.24, 2.45) is 0 Å². The molecule has 0 amide bonds. The van der Waals surface area contributed by atoms with Crippen LogP contribution in [-0.4, -0.2) is 39.7 Å². The van der Waals surface area contributed by atoms with Crippen LogP contribution in [0.2, 0.25) is 0 Å². The molecule has 168 valence electrons. The van der Waals surface area contributed by atoms with Crippen molar-refractivity contribution in [2.75, 3.05) is 0 Å². The van der Waals surface area contributed by atoms with Crippen LogP contribution in [0.25, 0.3) is 10.4 Å². The molecular formula is C24H22F2O5S. The van der Waals surface area contributed by atoms with Gasteiger partial charge in [0.25, 0.3) is 0 Å². The molecule has 1 aromatic heterocycles. The normalized spacial score (nSPS) is 29.4. The summed E-state index contributed by atoms with van der Waals surface area (Å²) in [5.41, 5.74) is 2.25. The van der Waals surface area contributed by atoms with E-state index in [4.69, 9.17) is 9.47 Å². The van der Waals surface area contributed by atoms with E-state index in [0.717, 1.165) is 15.3 Å². The smallest absolute Gasteiger partial charge is 0.225 e. The van der Waals surface area contributed by atoms with Gasteiger partial charge in [0, 0.05) is 21.7 Å². The molecule has 0 aliphatic carbocycles. The Hall–Kier alpha value is -2.20. The number of rotatable bonds is 3. The van der Waals surface area contributed by atoms with Crippen LogP contribution >= 0.6 is 11.3 Å². The summed E-state index contributed by atoms with van der Waals surface area (Å²) >= 11 is 1.48. The Balaban J connectivity index is 1.46. The summed E-state index contributed by atoms with van der Waals surface area (Å²) in [4.78, 5) is 1.85. The highest BCUT2D eigenvalue weighted by Crippen LogP contribution is 2.46. The van der Waals surface area contributed by atoms with Crippen LogP contribution in [0.15, 0.2) is 48.5 Å². The average Bonchev–Trinajstić information content (AvgIpc) is 3.37. The molecule has 32 heavy (non-hydrogen) atoms. The second kappa shape index (κ2) is 7.98. The van der Waals surface area contributed by atoms with Gasteiger partial charge in [0.1, 0.15) is 29.9 Å². The lowest BCUT2D eigenvalue weighted by Gasteiger charge is -2.45. The van der Waals surface area contributed by atoms with Gasteiger partial charge in [0.2, 0.25) is 5.79 Å². The summed E-state index contributed by atoms with van der Waals surface area (Å²) in [6.45, 7) is 1.60. The lowest BCUT2D eigenvalue weighted by atomic mass is 9.87. The van der Waals surface area contributed by atoms with Crippen molar-refractivity contribution in [3.63, 3.8) is 0 Å². The molecule has 1 fully saturated rings. The first-order valence-corrected chi connectivity index (χ1v) is 11.1. The van der Waals surface area contributed by atoms with Crippen molar-refractivity contribution in [1.29, 1.82) is 0 Å². The summed E-state index contributed by atoms with van der Waals surface area (Å²) in [6.07, 6.45) is -4.74. The van der Waals surface area contributed by atoms with Crippen LogP contribution in [0.5, 0.6) is 0 Å². The van der Waals surface area contributed by atoms with E-state index < -0.39 is 36.0 Å². The molecule has 5 nitrogen and oxygen atoms in total. The highest BCUT2D eigenvalue weighted by atomic mass is 32.1. The van der Waals surface area contributed by atoms with E-state index in [0.29, 0.717) is 23.1 Å². The molecule has 3 N–H and O–H groups in total. The molecule has 2 aromatic carbocycles. The third-order valence-corrected chi connectivity index (χ3v) is 7.28. The number of hydrogen-bond donors (Lipinski definition) is 3. The maximum absolute atomic E-state index is 14.9. The molecule has 2 aliphatic heterocycles. The summed E-state index contributed by atoms with van der Waals surface area (Å²) in [7, 11) is 0.